The molecule has 2 aromatic rings. The molecule has 0 aliphatic carbocycles. The van der Waals surface area contributed by atoms with E-state index in [1.807, 2.05) is 0 Å². The molecule has 1 saturated heterocycles. The predicted molar refractivity (Wildman–Crippen MR) is 85.2 cm³/mol. The molecule has 1 unspecified atom stereocenters. The summed E-state index contributed by atoms with van der Waals surface area (Å²) in [4.78, 5) is 4.96. The third-order valence-corrected chi connectivity index (χ3v) is 4.23. The van der Waals surface area contributed by atoms with Crippen LogP contribution in [0.15, 0.2) is 54.6 Å². The Morgan fingerprint density at radius 3 is 2.30 bits per heavy atom. The number of likely N-dealkylation sites (N-methyl/N-ethyl adjacent to an activating group) is 1. The van der Waals surface area contributed by atoms with Crippen molar-refractivity contribution in [3.63, 3.8) is 0 Å². The minimum atomic E-state index is 0.478. The third kappa shape index (κ3) is 2.70. The normalized spacial score (nSPS) is 20.1. The SMILES string of the molecule is Cc1ccc(N2CCN(C)C(c3ccccc3)C2)cc1. The first kappa shape index (κ1) is 13.2. The molecule has 1 fully saturated rings. The number of anilines is 1. The predicted octanol–water partition coefficient (Wildman–Crippen LogP) is 3.49. The molecule has 104 valence electrons. The fraction of sp³-hybridized carbons (Fsp3) is 0.333. The van der Waals surface area contributed by atoms with E-state index in [4.69, 9.17) is 0 Å². The molecule has 0 saturated carbocycles. The molecule has 1 atom stereocenters. The Kier molecular flexibility index (Phi) is 3.75. The maximum absolute atomic E-state index is 2.50. The zero-order chi connectivity index (χ0) is 13.9. The van der Waals surface area contributed by atoms with Crippen LogP contribution in [0.5, 0.6) is 0 Å². The second-order valence-corrected chi connectivity index (χ2v) is 5.69. The second-order valence-electron chi connectivity index (χ2n) is 5.69. The molecule has 0 aromatic heterocycles. The average molecular weight is 266 g/mol. The lowest BCUT2D eigenvalue weighted by molar-refractivity contribution is 0.221. The molecule has 0 spiro atoms. The van der Waals surface area contributed by atoms with Crippen LogP contribution in [0.4, 0.5) is 5.69 Å². The van der Waals surface area contributed by atoms with Gasteiger partial charge in [-0.1, -0.05) is 48.0 Å². The van der Waals surface area contributed by atoms with Gasteiger partial charge in [0.05, 0.1) is 6.04 Å². The minimum absolute atomic E-state index is 0.478. The van der Waals surface area contributed by atoms with Gasteiger partial charge in [0.15, 0.2) is 0 Å². The topological polar surface area (TPSA) is 6.48 Å². The van der Waals surface area contributed by atoms with Crippen molar-refractivity contribution in [2.75, 3.05) is 31.6 Å². The van der Waals surface area contributed by atoms with Crippen LogP contribution in [0, 0.1) is 6.92 Å². The summed E-state index contributed by atoms with van der Waals surface area (Å²) in [5.41, 5.74) is 4.07. The number of aryl methyl sites for hydroxylation is 1. The second kappa shape index (κ2) is 5.68. The van der Waals surface area contributed by atoms with Gasteiger partial charge in [0.25, 0.3) is 0 Å². The van der Waals surface area contributed by atoms with Crippen molar-refractivity contribution >= 4 is 5.69 Å². The van der Waals surface area contributed by atoms with Crippen LogP contribution >= 0.6 is 0 Å². The van der Waals surface area contributed by atoms with E-state index in [2.05, 4.69) is 78.4 Å². The molecule has 2 heteroatoms. The Morgan fingerprint density at radius 1 is 0.900 bits per heavy atom. The Morgan fingerprint density at radius 2 is 1.60 bits per heavy atom. The number of rotatable bonds is 2. The summed E-state index contributed by atoms with van der Waals surface area (Å²) >= 11 is 0. The van der Waals surface area contributed by atoms with Gasteiger partial charge in [-0.2, -0.15) is 0 Å². The molecule has 2 nitrogen and oxygen atoms in total. The van der Waals surface area contributed by atoms with E-state index in [9.17, 15) is 0 Å². The molecule has 0 bridgehead atoms. The van der Waals surface area contributed by atoms with Gasteiger partial charge in [-0.25, -0.2) is 0 Å². The number of piperazine rings is 1. The van der Waals surface area contributed by atoms with E-state index < -0.39 is 0 Å². The zero-order valence-corrected chi connectivity index (χ0v) is 12.3. The van der Waals surface area contributed by atoms with Gasteiger partial charge >= 0.3 is 0 Å². The summed E-state index contributed by atoms with van der Waals surface area (Å²) in [5.74, 6) is 0. The highest BCUT2D eigenvalue weighted by molar-refractivity contribution is 5.48. The molecular weight excluding hydrogens is 244 g/mol. The largest absolute Gasteiger partial charge is 0.368 e. The van der Waals surface area contributed by atoms with Crippen LogP contribution in [0.2, 0.25) is 0 Å². The van der Waals surface area contributed by atoms with Crippen molar-refractivity contribution in [2.24, 2.45) is 0 Å². The van der Waals surface area contributed by atoms with Crippen molar-refractivity contribution in [3.8, 4) is 0 Å². The smallest absolute Gasteiger partial charge is 0.0521 e. The maximum Gasteiger partial charge on any atom is 0.0521 e. The van der Waals surface area contributed by atoms with E-state index in [0.717, 1.165) is 19.6 Å². The summed E-state index contributed by atoms with van der Waals surface area (Å²) < 4.78 is 0. The molecular formula is C18H22N2. The highest BCUT2D eigenvalue weighted by Crippen LogP contribution is 2.27. The average Bonchev–Trinajstić information content (AvgIpc) is 2.50. The first-order valence-electron chi connectivity index (χ1n) is 7.31. The number of hydrogen-bond donors (Lipinski definition) is 0. The Balaban J connectivity index is 1.81. The van der Waals surface area contributed by atoms with Gasteiger partial charge < -0.3 is 4.90 Å². The van der Waals surface area contributed by atoms with Crippen LogP contribution in [-0.2, 0) is 0 Å². The van der Waals surface area contributed by atoms with E-state index >= 15 is 0 Å². The molecule has 1 aliphatic heterocycles. The van der Waals surface area contributed by atoms with Crippen LogP contribution < -0.4 is 4.90 Å². The quantitative estimate of drug-likeness (QED) is 0.821. The molecule has 20 heavy (non-hydrogen) atoms. The molecule has 1 heterocycles. The Labute approximate surface area is 121 Å². The lowest BCUT2D eigenvalue weighted by atomic mass is 10.0. The molecule has 2 aromatic carbocycles. The van der Waals surface area contributed by atoms with Crippen molar-refractivity contribution in [2.45, 2.75) is 13.0 Å². The molecule has 0 N–H and O–H groups in total. The van der Waals surface area contributed by atoms with E-state index in [0.29, 0.717) is 6.04 Å². The molecule has 0 radical (unpaired) electrons. The monoisotopic (exact) mass is 266 g/mol. The summed E-state index contributed by atoms with van der Waals surface area (Å²) in [5, 5.41) is 0. The third-order valence-electron chi connectivity index (χ3n) is 4.23. The zero-order valence-electron chi connectivity index (χ0n) is 12.3. The molecule has 3 rings (SSSR count). The van der Waals surface area contributed by atoms with Crippen LogP contribution in [-0.4, -0.2) is 31.6 Å². The number of hydrogen-bond acceptors (Lipinski definition) is 2. The summed E-state index contributed by atoms with van der Waals surface area (Å²) in [6.07, 6.45) is 0. The van der Waals surface area contributed by atoms with Gasteiger partial charge in [0.1, 0.15) is 0 Å². The highest BCUT2D eigenvalue weighted by atomic mass is 15.3. The van der Waals surface area contributed by atoms with Crippen molar-refractivity contribution in [1.82, 2.24) is 4.90 Å². The van der Waals surface area contributed by atoms with Crippen LogP contribution in [0.1, 0.15) is 17.2 Å². The van der Waals surface area contributed by atoms with Gasteiger partial charge in [-0.05, 0) is 31.7 Å². The fourth-order valence-electron chi connectivity index (χ4n) is 2.90. The highest BCUT2D eigenvalue weighted by Gasteiger charge is 2.25. The van der Waals surface area contributed by atoms with E-state index in [1.54, 1.807) is 0 Å². The van der Waals surface area contributed by atoms with Crippen molar-refractivity contribution in [1.29, 1.82) is 0 Å². The molecule has 1 aliphatic rings. The first-order valence-corrected chi connectivity index (χ1v) is 7.31. The summed E-state index contributed by atoms with van der Waals surface area (Å²) in [6.45, 7) is 5.40. The Hall–Kier alpha value is -1.80. The summed E-state index contributed by atoms with van der Waals surface area (Å²) in [7, 11) is 2.23. The molecule has 0 amide bonds. The van der Waals surface area contributed by atoms with Crippen LogP contribution in [0.3, 0.4) is 0 Å². The van der Waals surface area contributed by atoms with Crippen molar-refractivity contribution in [3.05, 3.63) is 65.7 Å². The van der Waals surface area contributed by atoms with E-state index in [-0.39, 0.29) is 0 Å². The lowest BCUT2D eigenvalue weighted by Crippen LogP contribution is -2.46. The number of benzene rings is 2. The van der Waals surface area contributed by atoms with Gasteiger partial charge in [0, 0.05) is 25.3 Å². The first-order chi connectivity index (χ1) is 9.74. The Bertz CT molecular complexity index is 547. The van der Waals surface area contributed by atoms with Gasteiger partial charge in [-0.15, -0.1) is 0 Å². The fourth-order valence-corrected chi connectivity index (χ4v) is 2.90. The lowest BCUT2D eigenvalue weighted by Gasteiger charge is -2.41. The standard InChI is InChI=1S/C18H22N2/c1-15-8-10-17(11-9-15)20-13-12-19(2)18(14-20)16-6-4-3-5-7-16/h3-11,18H,12-14H2,1-2H3. The maximum atomic E-state index is 2.50. The number of nitrogens with zero attached hydrogens (tertiary/aromatic N) is 2. The van der Waals surface area contributed by atoms with Crippen molar-refractivity contribution < 1.29 is 0 Å². The van der Waals surface area contributed by atoms with Crippen LogP contribution in [0.25, 0.3) is 0 Å². The van der Waals surface area contributed by atoms with E-state index in [1.165, 1.54) is 16.8 Å². The minimum Gasteiger partial charge on any atom is -0.368 e. The van der Waals surface area contributed by atoms with Gasteiger partial charge in [0.2, 0.25) is 0 Å². The summed E-state index contributed by atoms with van der Waals surface area (Å²) in [6, 6.07) is 20.2. The van der Waals surface area contributed by atoms with Gasteiger partial charge in [-0.3, -0.25) is 4.90 Å².